The van der Waals surface area contributed by atoms with Crippen LogP contribution in [0.25, 0.3) is 27.9 Å². The molecule has 1 aromatic heterocycles. The first-order chi connectivity index (χ1) is 14.2. The Morgan fingerprint density at radius 3 is 2.34 bits per heavy atom. The molecule has 3 aromatic carbocycles. The maximum Gasteiger partial charge on any atom is 0.248 e. The Kier molecular flexibility index (Phi) is 5.84. The highest BCUT2D eigenvalue weighted by Gasteiger charge is 2.07. The van der Waals surface area contributed by atoms with Crippen molar-refractivity contribution in [3.63, 3.8) is 0 Å². The van der Waals surface area contributed by atoms with Crippen LogP contribution in [0.4, 0.5) is 5.69 Å². The van der Waals surface area contributed by atoms with Crippen LogP contribution in [0.5, 0.6) is 0 Å². The number of carbonyl (C=O) groups excluding carboxylic acids is 1. The number of aromatic nitrogens is 1. The van der Waals surface area contributed by atoms with E-state index in [2.05, 4.69) is 17.4 Å². The second kappa shape index (κ2) is 8.86. The van der Waals surface area contributed by atoms with Crippen molar-refractivity contribution in [3.8, 4) is 21.8 Å². The van der Waals surface area contributed by atoms with E-state index >= 15 is 0 Å². The lowest BCUT2D eigenvalue weighted by molar-refractivity contribution is -0.111. The number of carbonyl (C=O) groups is 1. The van der Waals surface area contributed by atoms with Crippen LogP contribution < -0.4 is 5.32 Å². The van der Waals surface area contributed by atoms with Gasteiger partial charge in [-0.1, -0.05) is 66.2 Å². The van der Waals surface area contributed by atoms with E-state index in [0.717, 1.165) is 33.1 Å². The first-order valence-corrected chi connectivity index (χ1v) is 10.3. The summed E-state index contributed by atoms with van der Waals surface area (Å²) in [6.45, 7) is 0. The third-order valence-electron chi connectivity index (χ3n) is 4.27. The number of rotatable bonds is 5. The normalized spacial score (nSPS) is 10.9. The fourth-order valence-electron chi connectivity index (χ4n) is 2.77. The predicted octanol–water partition coefficient (Wildman–Crippen LogP) is 6.78. The Balaban J connectivity index is 1.41. The average Bonchev–Trinajstić information content (AvgIpc) is 3.25. The van der Waals surface area contributed by atoms with Gasteiger partial charge in [-0.05, 0) is 35.9 Å². The van der Waals surface area contributed by atoms with Crippen LogP contribution >= 0.6 is 22.9 Å². The van der Waals surface area contributed by atoms with Gasteiger partial charge in [-0.2, -0.15) is 0 Å². The van der Waals surface area contributed by atoms with Crippen LogP contribution in [-0.2, 0) is 4.79 Å². The Morgan fingerprint density at radius 2 is 1.62 bits per heavy atom. The molecule has 0 spiro atoms. The second-order valence-corrected chi connectivity index (χ2v) is 7.65. The van der Waals surface area contributed by atoms with E-state index in [1.54, 1.807) is 29.5 Å². The third-order valence-corrected chi connectivity index (χ3v) is 5.41. The number of benzene rings is 3. The molecule has 5 heteroatoms. The smallest absolute Gasteiger partial charge is 0.248 e. The van der Waals surface area contributed by atoms with Gasteiger partial charge < -0.3 is 5.32 Å². The lowest BCUT2D eigenvalue weighted by Gasteiger charge is -2.03. The van der Waals surface area contributed by atoms with E-state index in [1.807, 2.05) is 60.0 Å². The van der Waals surface area contributed by atoms with Gasteiger partial charge in [0.1, 0.15) is 5.01 Å². The van der Waals surface area contributed by atoms with E-state index in [-0.39, 0.29) is 5.91 Å². The Morgan fingerprint density at radius 1 is 0.897 bits per heavy atom. The molecule has 0 unspecified atom stereocenters. The summed E-state index contributed by atoms with van der Waals surface area (Å²) in [6, 6.07) is 25.1. The molecular weight excluding hydrogens is 400 g/mol. The summed E-state index contributed by atoms with van der Waals surface area (Å²) in [5.74, 6) is -0.187. The number of anilines is 1. The summed E-state index contributed by atoms with van der Waals surface area (Å²) in [6.07, 6.45) is 3.25. The second-order valence-electron chi connectivity index (χ2n) is 6.36. The minimum Gasteiger partial charge on any atom is -0.323 e. The van der Waals surface area contributed by atoms with Crippen LogP contribution in [0.1, 0.15) is 5.56 Å². The van der Waals surface area contributed by atoms with Crippen LogP contribution in [0.3, 0.4) is 0 Å². The Bertz CT molecular complexity index is 1130. The van der Waals surface area contributed by atoms with Gasteiger partial charge in [0.05, 0.1) is 5.69 Å². The number of halogens is 1. The SMILES string of the molecule is O=C(/C=C/c1ccc(Cl)cc1)Nc1ccc(-c2csc(-c3ccccc3)n2)cc1. The van der Waals surface area contributed by atoms with Crippen molar-refractivity contribution >= 4 is 40.6 Å². The van der Waals surface area contributed by atoms with Crippen molar-refractivity contribution in [2.45, 2.75) is 0 Å². The molecule has 0 aliphatic carbocycles. The fourth-order valence-corrected chi connectivity index (χ4v) is 3.73. The zero-order valence-electron chi connectivity index (χ0n) is 15.4. The summed E-state index contributed by atoms with van der Waals surface area (Å²) in [4.78, 5) is 16.9. The number of amides is 1. The molecule has 0 aliphatic heterocycles. The van der Waals surface area contributed by atoms with E-state index < -0.39 is 0 Å². The van der Waals surface area contributed by atoms with Gasteiger partial charge in [0.25, 0.3) is 0 Å². The summed E-state index contributed by atoms with van der Waals surface area (Å²) in [5.41, 5.74) is 4.70. The molecule has 0 saturated heterocycles. The molecule has 4 rings (SSSR count). The highest BCUT2D eigenvalue weighted by Crippen LogP contribution is 2.29. The van der Waals surface area contributed by atoms with Crippen molar-refractivity contribution in [1.82, 2.24) is 4.98 Å². The molecule has 29 heavy (non-hydrogen) atoms. The van der Waals surface area contributed by atoms with E-state index in [4.69, 9.17) is 16.6 Å². The summed E-state index contributed by atoms with van der Waals surface area (Å²) in [5, 5.41) is 6.57. The zero-order valence-corrected chi connectivity index (χ0v) is 17.0. The van der Waals surface area contributed by atoms with Gasteiger partial charge in [-0.25, -0.2) is 4.98 Å². The number of hydrogen-bond acceptors (Lipinski definition) is 3. The lowest BCUT2D eigenvalue weighted by atomic mass is 10.1. The highest BCUT2D eigenvalue weighted by atomic mass is 35.5. The molecule has 1 N–H and O–H groups in total. The number of nitrogens with zero attached hydrogens (tertiary/aromatic N) is 1. The maximum atomic E-state index is 12.1. The molecule has 0 radical (unpaired) electrons. The summed E-state index contributed by atoms with van der Waals surface area (Å²) >= 11 is 7.48. The molecule has 0 fully saturated rings. The molecule has 3 nitrogen and oxygen atoms in total. The van der Waals surface area contributed by atoms with Crippen LogP contribution in [0.2, 0.25) is 5.02 Å². The summed E-state index contributed by atoms with van der Waals surface area (Å²) in [7, 11) is 0. The van der Waals surface area contributed by atoms with Crippen LogP contribution in [0, 0.1) is 0 Å². The van der Waals surface area contributed by atoms with Gasteiger partial charge in [0.15, 0.2) is 0 Å². The van der Waals surface area contributed by atoms with Crippen molar-refractivity contribution < 1.29 is 4.79 Å². The number of nitrogens with one attached hydrogen (secondary N) is 1. The standard InChI is InChI=1S/C24H17ClN2OS/c25-20-11-6-17(7-12-20)8-15-23(28)26-21-13-9-18(10-14-21)22-16-29-24(27-22)19-4-2-1-3-5-19/h1-16H,(H,26,28)/b15-8+. The summed E-state index contributed by atoms with van der Waals surface area (Å²) < 4.78 is 0. The molecular formula is C24H17ClN2OS. The first kappa shape index (κ1) is 19.1. The fraction of sp³-hybridized carbons (Fsp3) is 0. The highest BCUT2D eigenvalue weighted by molar-refractivity contribution is 7.13. The Hall–Kier alpha value is -3.21. The van der Waals surface area contributed by atoms with E-state index in [9.17, 15) is 4.79 Å². The minimum absolute atomic E-state index is 0.187. The maximum absolute atomic E-state index is 12.1. The molecule has 1 amide bonds. The first-order valence-electron chi connectivity index (χ1n) is 9.03. The topological polar surface area (TPSA) is 42.0 Å². The van der Waals surface area contributed by atoms with Gasteiger partial charge in [0, 0.05) is 33.3 Å². The van der Waals surface area contributed by atoms with Crippen molar-refractivity contribution in [2.75, 3.05) is 5.32 Å². The third kappa shape index (κ3) is 4.99. The van der Waals surface area contributed by atoms with Crippen molar-refractivity contribution in [2.24, 2.45) is 0 Å². The average molecular weight is 417 g/mol. The van der Waals surface area contributed by atoms with Crippen LogP contribution in [0.15, 0.2) is 90.3 Å². The van der Waals surface area contributed by atoms with Crippen LogP contribution in [-0.4, -0.2) is 10.9 Å². The van der Waals surface area contributed by atoms with E-state index in [0.29, 0.717) is 5.02 Å². The molecule has 142 valence electrons. The number of thiazole rings is 1. The van der Waals surface area contributed by atoms with Gasteiger partial charge >= 0.3 is 0 Å². The van der Waals surface area contributed by atoms with Gasteiger partial charge in [0.2, 0.25) is 5.91 Å². The Labute approximate surface area is 178 Å². The molecule has 1 heterocycles. The van der Waals surface area contributed by atoms with Gasteiger partial charge in [-0.3, -0.25) is 4.79 Å². The monoisotopic (exact) mass is 416 g/mol. The van der Waals surface area contributed by atoms with Gasteiger partial charge in [-0.15, -0.1) is 11.3 Å². The quantitative estimate of drug-likeness (QED) is 0.364. The number of hydrogen-bond donors (Lipinski definition) is 1. The largest absolute Gasteiger partial charge is 0.323 e. The molecule has 0 aliphatic rings. The minimum atomic E-state index is -0.187. The lowest BCUT2D eigenvalue weighted by Crippen LogP contribution is -2.07. The molecule has 4 aromatic rings. The van der Waals surface area contributed by atoms with E-state index in [1.165, 1.54) is 6.08 Å². The molecule has 0 saturated carbocycles. The zero-order chi connectivity index (χ0) is 20.1. The predicted molar refractivity (Wildman–Crippen MR) is 122 cm³/mol. The molecule has 0 atom stereocenters. The van der Waals surface area contributed by atoms with Crippen molar-refractivity contribution in [3.05, 3.63) is 101 Å². The molecule has 0 bridgehead atoms. The van der Waals surface area contributed by atoms with Crippen molar-refractivity contribution in [1.29, 1.82) is 0 Å².